The first-order valence-corrected chi connectivity index (χ1v) is 12.7. The summed E-state index contributed by atoms with van der Waals surface area (Å²) in [5.74, 6) is 2.48. The van der Waals surface area contributed by atoms with Crippen LogP contribution in [-0.2, 0) is 0 Å². The standard InChI is InChI=1S/C30H27N3O3/c1-17-4-2-3-5-22(17)28-24(29(36-32-28)18-6-7-18)11-10-23-25-15-33(16-26(23)25)21-9-8-19-13-27(30(34)35)31-14-20(19)12-21/h2-5,8-14,18,23,25-26H,6-7,15-16H2,1H3,(H,34,35)/b11-10+. The third kappa shape index (κ3) is 3.60. The minimum Gasteiger partial charge on any atom is -0.477 e. The number of fused-ring (bicyclic) bond motifs is 2. The fourth-order valence-electron chi connectivity index (χ4n) is 5.86. The second kappa shape index (κ2) is 8.05. The normalized spacial score (nSPS) is 22.9. The van der Waals surface area contributed by atoms with E-state index in [0.29, 0.717) is 23.7 Å². The molecule has 0 radical (unpaired) electrons. The summed E-state index contributed by atoms with van der Waals surface area (Å²) in [6, 6.07) is 16.2. The number of carboxylic acid groups (broad SMARTS) is 1. The van der Waals surface area contributed by atoms with Crippen LogP contribution in [0.15, 0.2) is 65.3 Å². The number of piperidine rings is 1. The minimum atomic E-state index is -0.999. The SMILES string of the molecule is Cc1ccccc1-c1noc(C2CC2)c1/C=C/C1C2CN(c3ccc4cc(C(=O)O)ncc4c3)CC12. The molecule has 36 heavy (non-hydrogen) atoms. The predicted octanol–water partition coefficient (Wildman–Crippen LogP) is 6.17. The monoisotopic (exact) mass is 477 g/mol. The molecule has 3 aliphatic rings. The zero-order valence-electron chi connectivity index (χ0n) is 20.1. The highest BCUT2D eigenvalue weighted by Gasteiger charge is 2.54. The quantitative estimate of drug-likeness (QED) is 0.358. The Morgan fingerprint density at radius 3 is 2.64 bits per heavy atom. The van der Waals surface area contributed by atoms with Gasteiger partial charge in [-0.1, -0.05) is 47.6 Å². The van der Waals surface area contributed by atoms with Crippen LogP contribution in [-0.4, -0.2) is 34.3 Å². The van der Waals surface area contributed by atoms with Crippen molar-refractivity contribution < 1.29 is 14.4 Å². The van der Waals surface area contributed by atoms with Gasteiger partial charge in [0.1, 0.15) is 17.1 Å². The molecule has 2 saturated carbocycles. The molecule has 2 atom stereocenters. The van der Waals surface area contributed by atoms with Crippen molar-refractivity contribution in [1.82, 2.24) is 10.1 Å². The highest BCUT2D eigenvalue weighted by atomic mass is 16.5. The van der Waals surface area contributed by atoms with Gasteiger partial charge in [-0.05, 0) is 66.7 Å². The number of hydrogen-bond acceptors (Lipinski definition) is 5. The molecule has 1 aliphatic heterocycles. The van der Waals surface area contributed by atoms with Crippen molar-refractivity contribution in [1.29, 1.82) is 0 Å². The first-order valence-electron chi connectivity index (χ1n) is 12.7. The van der Waals surface area contributed by atoms with Gasteiger partial charge in [0, 0.05) is 47.4 Å². The first-order chi connectivity index (χ1) is 17.6. The lowest BCUT2D eigenvalue weighted by molar-refractivity contribution is 0.0690. The number of aryl methyl sites for hydroxylation is 1. The molecule has 7 rings (SSSR count). The number of aromatic carboxylic acids is 1. The summed E-state index contributed by atoms with van der Waals surface area (Å²) in [5, 5.41) is 15.6. The summed E-state index contributed by atoms with van der Waals surface area (Å²) in [7, 11) is 0. The molecule has 6 nitrogen and oxygen atoms in total. The number of nitrogens with zero attached hydrogens (tertiary/aromatic N) is 3. The molecule has 2 aromatic heterocycles. The van der Waals surface area contributed by atoms with Crippen molar-refractivity contribution >= 4 is 28.5 Å². The van der Waals surface area contributed by atoms with E-state index in [9.17, 15) is 9.90 Å². The van der Waals surface area contributed by atoms with E-state index < -0.39 is 5.97 Å². The summed E-state index contributed by atoms with van der Waals surface area (Å²) in [4.78, 5) is 17.7. The van der Waals surface area contributed by atoms with Crippen LogP contribution in [0.2, 0.25) is 0 Å². The second-order valence-corrected chi connectivity index (χ2v) is 10.5. The van der Waals surface area contributed by atoms with Gasteiger partial charge in [-0.2, -0.15) is 0 Å². The van der Waals surface area contributed by atoms with E-state index in [0.717, 1.165) is 46.4 Å². The van der Waals surface area contributed by atoms with Crippen molar-refractivity contribution in [3.8, 4) is 11.3 Å². The molecule has 2 aliphatic carbocycles. The summed E-state index contributed by atoms with van der Waals surface area (Å²) in [6.45, 7) is 4.20. The van der Waals surface area contributed by atoms with Crippen molar-refractivity contribution in [3.05, 3.63) is 83.4 Å². The van der Waals surface area contributed by atoms with Crippen LogP contribution >= 0.6 is 0 Å². The van der Waals surface area contributed by atoms with Crippen LogP contribution in [0, 0.1) is 24.7 Å². The van der Waals surface area contributed by atoms with Crippen LogP contribution in [0.25, 0.3) is 28.1 Å². The molecule has 4 aromatic rings. The van der Waals surface area contributed by atoms with Crippen LogP contribution in [0.3, 0.4) is 0 Å². The smallest absolute Gasteiger partial charge is 0.354 e. The lowest BCUT2D eigenvalue weighted by Gasteiger charge is -2.22. The number of carbonyl (C=O) groups is 1. The number of aromatic nitrogens is 2. The number of hydrogen-bond donors (Lipinski definition) is 1. The van der Waals surface area contributed by atoms with Crippen LogP contribution in [0.5, 0.6) is 0 Å². The average Bonchev–Trinajstić information content (AvgIpc) is 3.75. The van der Waals surface area contributed by atoms with Crippen molar-refractivity contribution in [2.24, 2.45) is 17.8 Å². The van der Waals surface area contributed by atoms with Crippen molar-refractivity contribution in [3.63, 3.8) is 0 Å². The van der Waals surface area contributed by atoms with E-state index in [1.165, 1.54) is 24.1 Å². The Kier molecular flexibility index (Phi) is 4.78. The Morgan fingerprint density at radius 2 is 1.89 bits per heavy atom. The summed E-state index contributed by atoms with van der Waals surface area (Å²) in [6.07, 6.45) is 8.70. The lowest BCUT2D eigenvalue weighted by Crippen LogP contribution is -2.23. The van der Waals surface area contributed by atoms with Crippen LogP contribution in [0.1, 0.15) is 46.1 Å². The molecule has 6 heteroatoms. The van der Waals surface area contributed by atoms with E-state index in [1.54, 1.807) is 12.3 Å². The molecule has 0 amide bonds. The van der Waals surface area contributed by atoms with E-state index >= 15 is 0 Å². The Bertz CT molecular complexity index is 1520. The molecular weight excluding hydrogens is 450 g/mol. The molecule has 1 saturated heterocycles. The van der Waals surface area contributed by atoms with Gasteiger partial charge in [-0.15, -0.1) is 0 Å². The summed E-state index contributed by atoms with van der Waals surface area (Å²) in [5.41, 5.74) is 5.75. The number of allylic oxidation sites excluding steroid dienone is 1. The number of carboxylic acids is 1. The summed E-state index contributed by atoms with van der Waals surface area (Å²) < 4.78 is 5.86. The molecular formula is C30H27N3O3. The van der Waals surface area contributed by atoms with Gasteiger partial charge < -0.3 is 14.5 Å². The number of pyridine rings is 1. The molecule has 3 heterocycles. The maximum Gasteiger partial charge on any atom is 0.354 e. The maximum absolute atomic E-state index is 11.2. The molecule has 1 N–H and O–H groups in total. The van der Waals surface area contributed by atoms with Gasteiger partial charge in [-0.3, -0.25) is 0 Å². The second-order valence-electron chi connectivity index (χ2n) is 10.5. The average molecular weight is 478 g/mol. The zero-order valence-corrected chi connectivity index (χ0v) is 20.1. The van der Waals surface area contributed by atoms with Gasteiger partial charge in [0.2, 0.25) is 0 Å². The molecule has 2 unspecified atom stereocenters. The molecule has 180 valence electrons. The van der Waals surface area contributed by atoms with Crippen LogP contribution < -0.4 is 4.90 Å². The van der Waals surface area contributed by atoms with Gasteiger partial charge in [-0.25, -0.2) is 9.78 Å². The number of benzene rings is 2. The third-order valence-electron chi connectivity index (χ3n) is 8.14. The maximum atomic E-state index is 11.2. The van der Waals surface area contributed by atoms with Gasteiger partial charge in [0.15, 0.2) is 0 Å². The van der Waals surface area contributed by atoms with E-state index in [-0.39, 0.29) is 5.69 Å². The Morgan fingerprint density at radius 1 is 1.08 bits per heavy atom. The van der Waals surface area contributed by atoms with Gasteiger partial charge in [0.25, 0.3) is 0 Å². The van der Waals surface area contributed by atoms with Crippen LogP contribution in [0.4, 0.5) is 5.69 Å². The predicted molar refractivity (Wildman–Crippen MR) is 139 cm³/mol. The van der Waals surface area contributed by atoms with E-state index in [4.69, 9.17) is 4.52 Å². The zero-order chi connectivity index (χ0) is 24.4. The van der Waals surface area contributed by atoms with Crippen molar-refractivity contribution in [2.45, 2.75) is 25.7 Å². The minimum absolute atomic E-state index is 0.0792. The molecule has 2 aromatic carbocycles. The van der Waals surface area contributed by atoms with Gasteiger partial charge >= 0.3 is 5.97 Å². The number of anilines is 1. The topological polar surface area (TPSA) is 79.5 Å². The highest BCUT2D eigenvalue weighted by molar-refractivity contribution is 5.93. The first kappa shape index (κ1) is 21.4. The fourth-order valence-corrected chi connectivity index (χ4v) is 5.86. The van der Waals surface area contributed by atoms with Gasteiger partial charge in [0.05, 0.1) is 0 Å². The Hall–Kier alpha value is -3.93. The van der Waals surface area contributed by atoms with Crippen molar-refractivity contribution in [2.75, 3.05) is 18.0 Å². The molecule has 3 fully saturated rings. The largest absolute Gasteiger partial charge is 0.477 e. The van der Waals surface area contributed by atoms with E-state index in [2.05, 4.69) is 70.5 Å². The fraction of sp³-hybridized carbons (Fsp3) is 0.300. The highest BCUT2D eigenvalue weighted by Crippen LogP contribution is 2.54. The van der Waals surface area contributed by atoms with E-state index in [1.807, 2.05) is 6.07 Å². The third-order valence-corrected chi connectivity index (χ3v) is 8.14. The number of rotatable bonds is 6. The molecule has 0 bridgehead atoms. The molecule has 0 spiro atoms. The Balaban J connectivity index is 1.08. The Labute approximate surface area is 209 Å². The summed E-state index contributed by atoms with van der Waals surface area (Å²) >= 11 is 0. The lowest BCUT2D eigenvalue weighted by atomic mass is 9.99.